The predicted octanol–water partition coefficient (Wildman–Crippen LogP) is 5.87. The number of hydrogen-bond donors (Lipinski definition) is 2. The van der Waals surface area contributed by atoms with Gasteiger partial charge in [-0.1, -0.05) is 12.1 Å². The minimum atomic E-state index is -0.359. The number of fused-ring (bicyclic) bond motifs is 5. The average Bonchev–Trinajstić information content (AvgIpc) is 3.47. The first-order chi connectivity index (χ1) is 22.8. The lowest BCUT2D eigenvalue weighted by Crippen LogP contribution is -2.41. The number of aromatic nitrogens is 3. The van der Waals surface area contributed by atoms with Gasteiger partial charge in [-0.05, 0) is 91.5 Å². The molecule has 240 valence electrons. The fraction of sp³-hybridized carbons (Fsp3) is 0.378. The lowest BCUT2D eigenvalue weighted by Gasteiger charge is -2.27. The number of piperidine rings is 1. The number of anilines is 1. The van der Waals surface area contributed by atoms with Crippen molar-refractivity contribution < 1.29 is 18.7 Å². The standard InChI is InChI=1S/C37H37FN6O3/c1-42-35-28(12-24(15-32(35)47-2)37(46)44-18-23-7-9-29(44)34(23)39)41-36(42)31-14-22-6-5-20(13-30(22)43(31)17-19-3-4-19)25-11-21-8-10-33(45)40-27(21)16-26(25)38/h5-6,11-16,19,23,29,34H,3-4,7-10,17-18,39H2,1-2H3,(H,40,45). The van der Waals surface area contributed by atoms with Gasteiger partial charge in [0.15, 0.2) is 5.82 Å². The van der Waals surface area contributed by atoms with Crippen LogP contribution in [-0.2, 0) is 24.8 Å². The lowest BCUT2D eigenvalue weighted by molar-refractivity contribution is -0.116. The number of imidazole rings is 1. The van der Waals surface area contributed by atoms with E-state index in [2.05, 4.69) is 22.0 Å². The number of nitrogens with one attached hydrogen (secondary N) is 1. The first kappa shape index (κ1) is 28.5. The summed E-state index contributed by atoms with van der Waals surface area (Å²) in [6.07, 6.45) is 5.38. The van der Waals surface area contributed by atoms with Crippen LogP contribution in [0.15, 0.2) is 48.5 Å². The molecular formula is C37H37FN6O3. The van der Waals surface area contributed by atoms with Crippen LogP contribution in [0.1, 0.15) is 48.0 Å². The summed E-state index contributed by atoms with van der Waals surface area (Å²) in [7, 11) is 3.61. The van der Waals surface area contributed by atoms with Gasteiger partial charge in [0.2, 0.25) is 5.91 Å². The van der Waals surface area contributed by atoms with E-state index in [-0.39, 0.29) is 29.7 Å². The predicted molar refractivity (Wildman–Crippen MR) is 179 cm³/mol. The highest BCUT2D eigenvalue weighted by Gasteiger charge is 2.47. The largest absolute Gasteiger partial charge is 0.494 e. The molecule has 2 aliphatic heterocycles. The van der Waals surface area contributed by atoms with Crippen LogP contribution in [0.5, 0.6) is 5.75 Å². The Bertz CT molecular complexity index is 2150. The number of rotatable bonds is 6. The second-order valence-corrected chi connectivity index (χ2v) is 13.9. The molecule has 1 saturated heterocycles. The quantitative estimate of drug-likeness (QED) is 0.244. The number of likely N-dealkylation sites (tertiary alicyclic amines) is 1. The van der Waals surface area contributed by atoms with Gasteiger partial charge in [-0.15, -0.1) is 0 Å². The summed E-state index contributed by atoms with van der Waals surface area (Å²) in [5.41, 5.74) is 13.3. The van der Waals surface area contributed by atoms with Gasteiger partial charge in [-0.3, -0.25) is 9.59 Å². The molecule has 3 fully saturated rings. The summed E-state index contributed by atoms with van der Waals surface area (Å²) in [6.45, 7) is 1.54. The van der Waals surface area contributed by atoms with Gasteiger partial charge in [0.05, 0.1) is 18.3 Å². The highest BCUT2D eigenvalue weighted by molar-refractivity contribution is 6.01. The van der Waals surface area contributed by atoms with E-state index in [9.17, 15) is 9.59 Å². The van der Waals surface area contributed by atoms with E-state index in [1.165, 1.54) is 18.9 Å². The van der Waals surface area contributed by atoms with E-state index in [0.29, 0.717) is 59.3 Å². The number of ether oxygens (including phenoxy) is 1. The van der Waals surface area contributed by atoms with Gasteiger partial charge < -0.3 is 29.8 Å². The maximum Gasteiger partial charge on any atom is 0.254 e. The molecule has 0 spiro atoms. The molecule has 2 saturated carbocycles. The maximum absolute atomic E-state index is 15.5. The number of hydrogen-bond acceptors (Lipinski definition) is 5. The lowest BCUT2D eigenvalue weighted by atomic mass is 9.96. The van der Waals surface area contributed by atoms with Gasteiger partial charge in [-0.25, -0.2) is 9.37 Å². The Balaban J connectivity index is 1.14. The Kier molecular flexibility index (Phi) is 6.31. The van der Waals surface area contributed by atoms with Gasteiger partial charge in [-0.2, -0.15) is 0 Å². The number of amides is 2. The summed E-state index contributed by atoms with van der Waals surface area (Å²) >= 11 is 0. The number of methoxy groups -OCH3 is 1. The van der Waals surface area contributed by atoms with Crippen LogP contribution in [0.2, 0.25) is 0 Å². The maximum atomic E-state index is 15.5. The van der Waals surface area contributed by atoms with Crippen LogP contribution in [0.25, 0.3) is 44.6 Å². The van der Waals surface area contributed by atoms with Crippen LogP contribution >= 0.6 is 0 Å². The normalized spacial score (nSPS) is 21.9. The van der Waals surface area contributed by atoms with E-state index in [1.807, 2.05) is 46.8 Å². The molecule has 9 rings (SSSR count). The fourth-order valence-corrected chi connectivity index (χ4v) is 8.25. The summed E-state index contributed by atoms with van der Waals surface area (Å²) in [6, 6.07) is 15.4. The molecule has 47 heavy (non-hydrogen) atoms. The van der Waals surface area contributed by atoms with E-state index >= 15 is 4.39 Å². The third-order valence-corrected chi connectivity index (χ3v) is 11.0. The molecule has 5 aromatic rings. The van der Waals surface area contributed by atoms with Crippen molar-refractivity contribution in [2.24, 2.45) is 24.6 Å². The van der Waals surface area contributed by atoms with Crippen molar-refractivity contribution in [2.75, 3.05) is 19.0 Å². The molecule has 9 nitrogen and oxygen atoms in total. The van der Waals surface area contributed by atoms with Crippen molar-refractivity contribution in [1.29, 1.82) is 0 Å². The van der Waals surface area contributed by atoms with Crippen molar-refractivity contribution in [3.63, 3.8) is 0 Å². The topological polar surface area (TPSA) is 107 Å². The number of nitrogens with zero attached hydrogens (tertiary/aromatic N) is 4. The van der Waals surface area contributed by atoms with Crippen LogP contribution in [-0.4, -0.2) is 56.6 Å². The van der Waals surface area contributed by atoms with Gasteiger partial charge in [0.1, 0.15) is 17.1 Å². The highest BCUT2D eigenvalue weighted by Crippen LogP contribution is 2.41. The van der Waals surface area contributed by atoms with Crippen LogP contribution in [0.4, 0.5) is 10.1 Å². The Labute approximate surface area is 271 Å². The molecule has 3 unspecified atom stereocenters. The number of benzene rings is 3. The van der Waals surface area contributed by atoms with Crippen molar-refractivity contribution >= 4 is 39.4 Å². The SMILES string of the molecule is COc1cc(C(=O)N2CC3CCC2C3N)cc2nc(-c3cc4ccc(-c5cc6c(cc5F)NC(=O)CC6)cc4n3CC3CC3)n(C)c12. The Morgan fingerprint density at radius 3 is 2.68 bits per heavy atom. The van der Waals surface area contributed by atoms with Crippen molar-refractivity contribution in [3.8, 4) is 28.4 Å². The molecule has 10 heteroatoms. The summed E-state index contributed by atoms with van der Waals surface area (Å²) in [5.74, 6) is 1.87. The molecule has 2 bridgehead atoms. The highest BCUT2D eigenvalue weighted by atomic mass is 19.1. The second-order valence-electron chi connectivity index (χ2n) is 13.9. The molecule has 4 heterocycles. The second kappa shape index (κ2) is 10.4. The number of halogens is 1. The van der Waals surface area contributed by atoms with E-state index in [0.717, 1.165) is 58.5 Å². The molecule has 2 aromatic heterocycles. The van der Waals surface area contributed by atoms with Crippen molar-refractivity contribution in [2.45, 2.75) is 57.2 Å². The third kappa shape index (κ3) is 4.48. The van der Waals surface area contributed by atoms with Crippen LogP contribution in [0, 0.1) is 17.7 Å². The molecule has 2 aliphatic carbocycles. The molecule has 0 radical (unpaired) electrons. The molecular weight excluding hydrogens is 595 g/mol. The summed E-state index contributed by atoms with van der Waals surface area (Å²) < 4.78 is 25.7. The number of carbonyl (C=O) groups excluding carboxylic acids is 2. The zero-order valence-corrected chi connectivity index (χ0v) is 26.6. The summed E-state index contributed by atoms with van der Waals surface area (Å²) in [5, 5.41) is 3.84. The molecule has 3 atom stereocenters. The number of nitrogens with two attached hydrogens (primary N) is 1. The molecule has 4 aliphatic rings. The van der Waals surface area contributed by atoms with Gasteiger partial charge in [0, 0.05) is 66.4 Å². The van der Waals surface area contributed by atoms with Crippen LogP contribution < -0.4 is 15.8 Å². The third-order valence-electron chi connectivity index (χ3n) is 11.0. The minimum absolute atomic E-state index is 0.0211. The van der Waals surface area contributed by atoms with E-state index in [4.69, 9.17) is 15.5 Å². The Hall–Kier alpha value is -4.70. The van der Waals surface area contributed by atoms with Crippen molar-refractivity contribution in [3.05, 3.63) is 65.5 Å². The van der Waals surface area contributed by atoms with Gasteiger partial charge >= 0.3 is 0 Å². The average molecular weight is 633 g/mol. The number of carbonyl (C=O) groups is 2. The van der Waals surface area contributed by atoms with Gasteiger partial charge in [0.25, 0.3) is 5.91 Å². The molecule has 2 amide bonds. The van der Waals surface area contributed by atoms with E-state index < -0.39 is 0 Å². The molecule has 3 N–H and O–H groups in total. The smallest absolute Gasteiger partial charge is 0.254 e. The van der Waals surface area contributed by atoms with Crippen LogP contribution in [0.3, 0.4) is 0 Å². The number of aryl methyl sites for hydroxylation is 2. The first-order valence-electron chi connectivity index (χ1n) is 16.6. The van der Waals surface area contributed by atoms with Crippen molar-refractivity contribution in [1.82, 2.24) is 19.0 Å². The minimum Gasteiger partial charge on any atom is -0.494 e. The molecule has 3 aromatic carbocycles. The Morgan fingerprint density at radius 2 is 1.94 bits per heavy atom. The fourth-order valence-electron chi connectivity index (χ4n) is 8.25. The zero-order valence-electron chi connectivity index (χ0n) is 26.6. The Morgan fingerprint density at radius 1 is 1.09 bits per heavy atom. The zero-order chi connectivity index (χ0) is 32.1. The van der Waals surface area contributed by atoms with E-state index in [1.54, 1.807) is 7.11 Å². The summed E-state index contributed by atoms with van der Waals surface area (Å²) in [4.78, 5) is 32.7. The monoisotopic (exact) mass is 632 g/mol. The first-order valence-corrected chi connectivity index (χ1v) is 16.6.